The van der Waals surface area contributed by atoms with Crippen molar-refractivity contribution in [3.8, 4) is 0 Å². The quantitative estimate of drug-likeness (QED) is 0.360. The third kappa shape index (κ3) is 6.40. The number of benzene rings is 1. The Morgan fingerprint density at radius 3 is 2.80 bits per heavy atom. The Morgan fingerprint density at radius 2 is 2.20 bits per heavy atom. The average molecular weight is 527 g/mol. The van der Waals surface area contributed by atoms with Crippen molar-refractivity contribution in [2.75, 3.05) is 20.1 Å². The van der Waals surface area contributed by atoms with Crippen molar-refractivity contribution in [3.05, 3.63) is 34.1 Å². The fourth-order valence-electron chi connectivity index (χ4n) is 2.67. The van der Waals surface area contributed by atoms with Gasteiger partial charge < -0.3 is 15.5 Å². The van der Waals surface area contributed by atoms with Gasteiger partial charge >= 0.3 is 0 Å². The van der Waals surface area contributed by atoms with Gasteiger partial charge in [0.2, 0.25) is 5.91 Å². The number of halogens is 3. The second kappa shape index (κ2) is 10.3. The molecule has 1 unspecified atom stereocenters. The summed E-state index contributed by atoms with van der Waals surface area (Å²) in [5.74, 6) is 0.583. The van der Waals surface area contributed by atoms with E-state index in [9.17, 15) is 9.18 Å². The second-order valence-corrected chi connectivity index (χ2v) is 7.10. The molecular weight excluding hydrogens is 502 g/mol. The largest absolute Gasteiger partial charge is 0.352 e. The van der Waals surface area contributed by atoms with E-state index in [1.807, 2.05) is 24.8 Å². The minimum absolute atomic E-state index is 0. The van der Waals surface area contributed by atoms with Crippen LogP contribution in [0.4, 0.5) is 4.39 Å². The first-order valence-electron chi connectivity index (χ1n) is 8.10. The van der Waals surface area contributed by atoms with Crippen LogP contribution >= 0.6 is 39.9 Å². The highest BCUT2D eigenvalue weighted by Gasteiger charge is 2.27. The van der Waals surface area contributed by atoms with Gasteiger partial charge in [-0.15, -0.1) is 24.0 Å². The van der Waals surface area contributed by atoms with Gasteiger partial charge in [-0.25, -0.2) is 4.39 Å². The van der Waals surface area contributed by atoms with Crippen LogP contribution in [-0.2, 0) is 11.3 Å². The molecule has 1 amide bonds. The molecule has 140 valence electrons. The summed E-state index contributed by atoms with van der Waals surface area (Å²) < 4.78 is 14.0. The van der Waals surface area contributed by atoms with Crippen LogP contribution in [-0.4, -0.2) is 42.9 Å². The van der Waals surface area contributed by atoms with E-state index >= 15 is 0 Å². The average Bonchev–Trinajstić information content (AvgIpc) is 3.02. The zero-order chi connectivity index (χ0) is 17.7. The molecule has 1 fully saturated rings. The monoisotopic (exact) mass is 526 g/mol. The van der Waals surface area contributed by atoms with E-state index in [0.717, 1.165) is 18.5 Å². The molecule has 8 heteroatoms. The summed E-state index contributed by atoms with van der Waals surface area (Å²) in [5, 5.41) is 6.51. The summed E-state index contributed by atoms with van der Waals surface area (Å²) in [6, 6.07) is 5.21. The number of rotatable bonds is 4. The third-order valence-corrected chi connectivity index (χ3v) is 4.65. The number of carbonyl (C=O) groups is 1. The maximum absolute atomic E-state index is 13.5. The van der Waals surface area contributed by atoms with Gasteiger partial charge in [0.15, 0.2) is 5.96 Å². The Kier molecular flexibility index (Phi) is 9.12. The van der Waals surface area contributed by atoms with E-state index in [1.165, 1.54) is 6.07 Å². The van der Waals surface area contributed by atoms with Crippen LogP contribution in [0.1, 0.15) is 25.8 Å². The summed E-state index contributed by atoms with van der Waals surface area (Å²) >= 11 is 3.15. The summed E-state index contributed by atoms with van der Waals surface area (Å²) in [6.07, 6.45) is 0.895. The highest BCUT2D eigenvalue weighted by atomic mass is 127. The van der Waals surface area contributed by atoms with Gasteiger partial charge in [0.25, 0.3) is 0 Å². The molecule has 1 aromatic carbocycles. The zero-order valence-corrected chi connectivity index (χ0v) is 18.6. The maximum atomic E-state index is 13.5. The first kappa shape index (κ1) is 22.1. The van der Waals surface area contributed by atoms with Gasteiger partial charge in [0.1, 0.15) is 5.82 Å². The Balaban J connectivity index is 0.00000312. The Bertz CT molecular complexity index is 627. The van der Waals surface area contributed by atoms with Crippen molar-refractivity contribution in [2.24, 2.45) is 10.9 Å². The topological polar surface area (TPSA) is 56.7 Å². The van der Waals surface area contributed by atoms with Gasteiger partial charge in [0.05, 0.1) is 4.47 Å². The molecule has 1 atom stereocenters. The second-order valence-electron chi connectivity index (χ2n) is 6.24. The predicted octanol–water partition coefficient (Wildman–Crippen LogP) is 3.13. The molecule has 0 spiro atoms. The normalized spacial score (nSPS) is 17.4. The minimum Gasteiger partial charge on any atom is -0.352 e. The maximum Gasteiger partial charge on any atom is 0.225 e. The van der Waals surface area contributed by atoms with E-state index in [-0.39, 0.29) is 47.7 Å². The number of nitrogens with one attached hydrogen (secondary N) is 2. The first-order valence-corrected chi connectivity index (χ1v) is 8.90. The molecule has 1 aromatic rings. The lowest BCUT2D eigenvalue weighted by molar-refractivity contribution is -0.133. The molecule has 0 aliphatic carbocycles. The van der Waals surface area contributed by atoms with Gasteiger partial charge in [-0.1, -0.05) is 19.9 Å². The minimum atomic E-state index is -0.282. The number of likely N-dealkylation sites (tertiary alicyclic amines) is 1. The van der Waals surface area contributed by atoms with Gasteiger partial charge in [-0.2, -0.15) is 0 Å². The lowest BCUT2D eigenvalue weighted by atomic mass is 10.2. The van der Waals surface area contributed by atoms with Crippen molar-refractivity contribution in [1.82, 2.24) is 15.5 Å². The van der Waals surface area contributed by atoms with E-state index < -0.39 is 0 Å². The van der Waals surface area contributed by atoms with E-state index in [0.29, 0.717) is 23.5 Å². The van der Waals surface area contributed by atoms with E-state index in [2.05, 4.69) is 31.6 Å². The molecular formula is C17H25BrFIN4O. The van der Waals surface area contributed by atoms with Gasteiger partial charge in [0, 0.05) is 38.6 Å². The lowest BCUT2D eigenvalue weighted by Gasteiger charge is -2.20. The van der Waals surface area contributed by atoms with Crippen LogP contribution in [0.3, 0.4) is 0 Å². The summed E-state index contributed by atoms with van der Waals surface area (Å²) in [7, 11) is 1.70. The number of nitrogens with zero attached hydrogens (tertiary/aromatic N) is 2. The molecule has 1 aliphatic heterocycles. The summed E-state index contributed by atoms with van der Waals surface area (Å²) in [5.41, 5.74) is 0.835. The standard InChI is InChI=1S/C17H24BrFN4O.HI/c1-11(2)16(24)23-7-6-13(10-23)22-17(20-3)21-9-12-4-5-14(18)15(19)8-12;/h4-5,8,11,13H,6-7,9-10H2,1-3H3,(H2,20,21,22);1H. The molecule has 0 saturated carbocycles. The Morgan fingerprint density at radius 1 is 1.48 bits per heavy atom. The first-order chi connectivity index (χ1) is 11.4. The summed E-state index contributed by atoms with van der Waals surface area (Å²) in [4.78, 5) is 18.1. The van der Waals surface area contributed by atoms with Crippen LogP contribution in [0, 0.1) is 11.7 Å². The highest BCUT2D eigenvalue weighted by Crippen LogP contribution is 2.16. The van der Waals surface area contributed by atoms with Crippen molar-refractivity contribution in [2.45, 2.75) is 32.9 Å². The van der Waals surface area contributed by atoms with Crippen molar-refractivity contribution < 1.29 is 9.18 Å². The van der Waals surface area contributed by atoms with Crippen molar-refractivity contribution in [3.63, 3.8) is 0 Å². The van der Waals surface area contributed by atoms with Crippen LogP contribution in [0.25, 0.3) is 0 Å². The number of amides is 1. The SMILES string of the molecule is CN=C(NCc1ccc(Br)c(F)c1)NC1CCN(C(=O)C(C)C)C1.I. The molecule has 1 aliphatic rings. The fraction of sp³-hybridized carbons (Fsp3) is 0.529. The molecule has 1 saturated heterocycles. The number of aliphatic imine (C=N–C) groups is 1. The molecule has 1 heterocycles. The van der Waals surface area contributed by atoms with Crippen molar-refractivity contribution in [1.29, 1.82) is 0 Å². The van der Waals surface area contributed by atoms with Crippen LogP contribution in [0.5, 0.6) is 0 Å². The predicted molar refractivity (Wildman–Crippen MR) is 113 cm³/mol. The van der Waals surface area contributed by atoms with E-state index in [1.54, 1.807) is 13.1 Å². The van der Waals surface area contributed by atoms with E-state index in [4.69, 9.17) is 0 Å². The zero-order valence-electron chi connectivity index (χ0n) is 14.7. The Hall–Kier alpha value is -0.900. The van der Waals surface area contributed by atoms with Crippen molar-refractivity contribution >= 4 is 51.8 Å². The summed E-state index contributed by atoms with van der Waals surface area (Å²) in [6.45, 7) is 5.77. The van der Waals surface area contributed by atoms with Gasteiger partial charge in [-0.05, 0) is 40.0 Å². The molecule has 0 aromatic heterocycles. The number of guanidine groups is 1. The third-order valence-electron chi connectivity index (χ3n) is 4.00. The smallest absolute Gasteiger partial charge is 0.225 e. The molecule has 0 radical (unpaired) electrons. The highest BCUT2D eigenvalue weighted by molar-refractivity contribution is 14.0. The Labute approximate surface area is 174 Å². The number of hydrogen-bond acceptors (Lipinski definition) is 2. The lowest BCUT2D eigenvalue weighted by Crippen LogP contribution is -2.45. The fourth-order valence-corrected chi connectivity index (χ4v) is 2.91. The van der Waals surface area contributed by atoms with Gasteiger partial charge in [-0.3, -0.25) is 9.79 Å². The molecule has 0 bridgehead atoms. The number of hydrogen-bond donors (Lipinski definition) is 2. The molecule has 2 rings (SSSR count). The van der Waals surface area contributed by atoms with Crippen LogP contribution in [0.15, 0.2) is 27.7 Å². The van der Waals surface area contributed by atoms with Crippen LogP contribution in [0.2, 0.25) is 0 Å². The van der Waals surface area contributed by atoms with Crippen LogP contribution < -0.4 is 10.6 Å². The number of carbonyl (C=O) groups excluding carboxylic acids is 1. The molecule has 5 nitrogen and oxygen atoms in total. The molecule has 25 heavy (non-hydrogen) atoms. The molecule has 2 N–H and O–H groups in total.